The Morgan fingerprint density at radius 2 is 1.33 bits per heavy atom. The van der Waals surface area contributed by atoms with E-state index in [1.165, 1.54) is 0 Å². The van der Waals surface area contributed by atoms with E-state index in [0.717, 1.165) is 5.75 Å². The molecule has 0 unspecified atom stereocenters. The highest BCUT2D eigenvalue weighted by Crippen LogP contribution is 2.18. The first-order valence-electron chi connectivity index (χ1n) is 9.03. The van der Waals surface area contributed by atoms with Crippen molar-refractivity contribution in [3.8, 4) is 11.5 Å². The number of para-hydroxylation sites is 2. The van der Waals surface area contributed by atoms with Crippen LogP contribution in [0.25, 0.3) is 0 Å². The summed E-state index contributed by atoms with van der Waals surface area (Å²) in [4.78, 5) is 11.9. The van der Waals surface area contributed by atoms with Gasteiger partial charge in [0.2, 0.25) is 0 Å². The molecule has 0 heterocycles. The van der Waals surface area contributed by atoms with Crippen LogP contribution in [-0.4, -0.2) is 52.2 Å². The molecule has 0 aliphatic carbocycles. The van der Waals surface area contributed by atoms with Gasteiger partial charge in [-0.15, -0.1) is 0 Å². The first-order chi connectivity index (χ1) is 13.3. The molecular formula is C21H26O6. The molecule has 2 rings (SSSR count). The first-order valence-corrected chi connectivity index (χ1v) is 9.03. The lowest BCUT2D eigenvalue weighted by Crippen LogP contribution is -2.14. The summed E-state index contributed by atoms with van der Waals surface area (Å²) in [5.74, 6) is 0.937. The number of benzene rings is 2. The van der Waals surface area contributed by atoms with Crippen LogP contribution in [0, 0.1) is 0 Å². The van der Waals surface area contributed by atoms with Gasteiger partial charge in [-0.2, -0.15) is 0 Å². The summed E-state index contributed by atoms with van der Waals surface area (Å²) in [5.41, 5.74) is 0.418. The summed E-state index contributed by atoms with van der Waals surface area (Å²) >= 11 is 0. The van der Waals surface area contributed by atoms with Gasteiger partial charge in [-0.3, -0.25) is 0 Å². The van der Waals surface area contributed by atoms with Crippen LogP contribution in [0.2, 0.25) is 0 Å². The molecule has 6 heteroatoms. The number of carbonyl (C=O) groups excluding carboxylic acids is 1. The molecule has 2 aromatic rings. The monoisotopic (exact) mass is 374 g/mol. The quantitative estimate of drug-likeness (QED) is 0.396. The van der Waals surface area contributed by atoms with Gasteiger partial charge in [-0.05, 0) is 31.2 Å². The van der Waals surface area contributed by atoms with Crippen molar-refractivity contribution in [2.45, 2.75) is 6.92 Å². The summed E-state index contributed by atoms with van der Waals surface area (Å²) < 4.78 is 27.1. The molecule has 0 spiro atoms. The first kappa shape index (κ1) is 20.7. The maximum absolute atomic E-state index is 11.9. The number of ether oxygens (including phenoxy) is 5. The van der Waals surface area contributed by atoms with Crippen LogP contribution in [-0.2, 0) is 14.2 Å². The van der Waals surface area contributed by atoms with Crippen molar-refractivity contribution in [2.24, 2.45) is 0 Å². The second kappa shape index (κ2) is 12.7. The van der Waals surface area contributed by atoms with Crippen LogP contribution >= 0.6 is 0 Å². The molecule has 0 aliphatic rings. The Kier molecular flexibility index (Phi) is 9.78. The Balaban J connectivity index is 1.51. The van der Waals surface area contributed by atoms with Crippen LogP contribution < -0.4 is 9.47 Å². The Hall–Kier alpha value is -2.57. The lowest BCUT2D eigenvalue weighted by molar-refractivity contribution is 0.0270. The zero-order valence-corrected chi connectivity index (χ0v) is 15.6. The molecule has 6 nitrogen and oxygen atoms in total. The molecule has 0 aromatic heterocycles. The summed E-state index contributed by atoms with van der Waals surface area (Å²) in [6.07, 6.45) is 0. The average Bonchev–Trinajstić information content (AvgIpc) is 2.70. The van der Waals surface area contributed by atoms with Gasteiger partial charge in [0.25, 0.3) is 0 Å². The van der Waals surface area contributed by atoms with Crippen molar-refractivity contribution in [3.63, 3.8) is 0 Å². The van der Waals surface area contributed by atoms with E-state index in [1.54, 1.807) is 25.1 Å². The standard InChI is InChI=1S/C21H26O6/c1-2-25-21(22)19-10-6-7-11-20(19)27-17-15-24-13-12-23-14-16-26-18-8-4-3-5-9-18/h3-11H,2,12-17H2,1H3. The predicted octanol–water partition coefficient (Wildman–Crippen LogP) is 3.35. The Bertz CT molecular complexity index is 659. The minimum absolute atomic E-state index is 0.326. The Morgan fingerprint density at radius 1 is 0.741 bits per heavy atom. The molecule has 0 saturated heterocycles. The van der Waals surface area contributed by atoms with E-state index in [2.05, 4.69) is 0 Å². The number of rotatable bonds is 13. The Morgan fingerprint density at radius 3 is 2.04 bits per heavy atom. The fraction of sp³-hybridized carbons (Fsp3) is 0.381. The van der Waals surface area contributed by atoms with Gasteiger partial charge < -0.3 is 23.7 Å². The van der Waals surface area contributed by atoms with E-state index in [9.17, 15) is 4.79 Å². The highest BCUT2D eigenvalue weighted by atomic mass is 16.6. The van der Waals surface area contributed by atoms with Crippen molar-refractivity contribution in [1.82, 2.24) is 0 Å². The third kappa shape index (κ3) is 8.11. The molecule has 0 fully saturated rings. The van der Waals surface area contributed by atoms with Crippen LogP contribution in [0.1, 0.15) is 17.3 Å². The molecule has 0 atom stereocenters. The molecular weight excluding hydrogens is 348 g/mol. The zero-order valence-electron chi connectivity index (χ0n) is 15.6. The minimum Gasteiger partial charge on any atom is -0.491 e. The summed E-state index contributed by atoms with van der Waals surface area (Å²) in [7, 11) is 0. The van der Waals surface area contributed by atoms with Gasteiger partial charge >= 0.3 is 5.97 Å². The smallest absolute Gasteiger partial charge is 0.341 e. The number of esters is 1. The second-order valence-corrected chi connectivity index (χ2v) is 5.45. The normalized spacial score (nSPS) is 10.4. The number of carbonyl (C=O) groups is 1. The molecule has 2 aromatic carbocycles. The molecule has 0 radical (unpaired) electrons. The lowest BCUT2D eigenvalue weighted by atomic mass is 10.2. The number of hydrogen-bond acceptors (Lipinski definition) is 6. The minimum atomic E-state index is -0.389. The van der Waals surface area contributed by atoms with E-state index < -0.39 is 0 Å². The SMILES string of the molecule is CCOC(=O)c1ccccc1OCCOCCOCCOc1ccccc1. The highest BCUT2D eigenvalue weighted by molar-refractivity contribution is 5.92. The predicted molar refractivity (Wildman–Crippen MR) is 101 cm³/mol. The van der Waals surface area contributed by atoms with Gasteiger partial charge in [0, 0.05) is 0 Å². The third-order valence-electron chi connectivity index (χ3n) is 3.48. The average molecular weight is 374 g/mol. The highest BCUT2D eigenvalue weighted by Gasteiger charge is 2.12. The summed E-state index contributed by atoms with van der Waals surface area (Å²) in [6, 6.07) is 16.6. The van der Waals surface area contributed by atoms with Crippen LogP contribution in [0.15, 0.2) is 54.6 Å². The molecule has 0 N–H and O–H groups in total. The third-order valence-corrected chi connectivity index (χ3v) is 3.48. The van der Waals surface area contributed by atoms with Crippen LogP contribution in [0.3, 0.4) is 0 Å². The molecule has 0 aliphatic heterocycles. The van der Waals surface area contributed by atoms with Crippen molar-refractivity contribution in [1.29, 1.82) is 0 Å². The molecule has 146 valence electrons. The van der Waals surface area contributed by atoms with Crippen LogP contribution in [0.4, 0.5) is 0 Å². The summed E-state index contributed by atoms with van der Waals surface area (Å²) in [6.45, 7) is 4.79. The fourth-order valence-corrected chi connectivity index (χ4v) is 2.24. The van der Waals surface area contributed by atoms with Gasteiger partial charge in [0.1, 0.15) is 30.3 Å². The Labute approximate surface area is 160 Å². The maximum atomic E-state index is 11.9. The van der Waals surface area contributed by atoms with Crippen molar-refractivity contribution in [3.05, 3.63) is 60.2 Å². The molecule has 0 saturated carbocycles. The van der Waals surface area contributed by atoms with E-state index in [1.807, 2.05) is 36.4 Å². The van der Waals surface area contributed by atoms with Gasteiger partial charge in [-0.25, -0.2) is 4.79 Å². The summed E-state index contributed by atoms with van der Waals surface area (Å²) in [5, 5.41) is 0. The van der Waals surface area contributed by atoms with Crippen molar-refractivity contribution < 1.29 is 28.5 Å². The zero-order chi connectivity index (χ0) is 19.2. The van der Waals surface area contributed by atoms with E-state index in [0.29, 0.717) is 57.6 Å². The lowest BCUT2D eigenvalue weighted by Gasteiger charge is -2.11. The van der Waals surface area contributed by atoms with Crippen molar-refractivity contribution in [2.75, 3.05) is 46.2 Å². The fourth-order valence-electron chi connectivity index (χ4n) is 2.24. The van der Waals surface area contributed by atoms with E-state index >= 15 is 0 Å². The number of hydrogen-bond donors (Lipinski definition) is 0. The topological polar surface area (TPSA) is 63.2 Å². The van der Waals surface area contributed by atoms with Gasteiger partial charge in [-0.1, -0.05) is 30.3 Å². The van der Waals surface area contributed by atoms with E-state index in [-0.39, 0.29) is 5.97 Å². The molecule has 27 heavy (non-hydrogen) atoms. The van der Waals surface area contributed by atoms with E-state index in [4.69, 9.17) is 23.7 Å². The molecule has 0 amide bonds. The van der Waals surface area contributed by atoms with Gasteiger partial charge in [0.15, 0.2) is 0 Å². The van der Waals surface area contributed by atoms with Crippen molar-refractivity contribution >= 4 is 5.97 Å². The maximum Gasteiger partial charge on any atom is 0.341 e. The largest absolute Gasteiger partial charge is 0.491 e. The van der Waals surface area contributed by atoms with Gasteiger partial charge in [0.05, 0.1) is 33.0 Å². The van der Waals surface area contributed by atoms with Crippen LogP contribution in [0.5, 0.6) is 11.5 Å². The molecule has 0 bridgehead atoms. The second-order valence-electron chi connectivity index (χ2n) is 5.45.